The largest absolute Gasteiger partial charge is 0.462 e. The van der Waals surface area contributed by atoms with E-state index in [2.05, 4.69) is 4.72 Å². The molecule has 0 bridgehead atoms. The number of oxazole rings is 1. The van der Waals surface area contributed by atoms with Crippen LogP contribution in [0.1, 0.15) is 30.1 Å². The van der Waals surface area contributed by atoms with E-state index in [1.165, 1.54) is 48.0 Å². The number of sulfonamides is 1. The molecule has 1 N–H and O–H groups in total. The fourth-order valence-electron chi connectivity index (χ4n) is 2.61. The van der Waals surface area contributed by atoms with Crippen LogP contribution in [0.3, 0.4) is 0 Å². The summed E-state index contributed by atoms with van der Waals surface area (Å²) in [5.74, 6) is -1.10. The summed E-state index contributed by atoms with van der Waals surface area (Å²) in [7, 11) is -2.57. The third-order valence-corrected chi connectivity index (χ3v) is 6.09. The summed E-state index contributed by atoms with van der Waals surface area (Å²) < 4.78 is 39.2. The molecule has 0 fully saturated rings. The molecule has 10 heteroatoms. The highest BCUT2D eigenvalue weighted by atomic mass is 35.5. The molecule has 8 nitrogen and oxygen atoms in total. The molecule has 154 valence electrons. The first-order valence-corrected chi connectivity index (χ1v) is 10.7. The first-order valence-electron chi connectivity index (χ1n) is 8.82. The fourth-order valence-corrected chi connectivity index (χ4v) is 4.21. The number of rotatable bonds is 7. The van der Waals surface area contributed by atoms with E-state index in [0.29, 0.717) is 17.7 Å². The second kappa shape index (κ2) is 8.30. The molecule has 0 amide bonds. The minimum Gasteiger partial charge on any atom is -0.462 e. The molecule has 0 radical (unpaired) electrons. The first kappa shape index (κ1) is 20.9. The average molecular weight is 439 g/mol. The number of hydrogen-bond donors (Lipinski definition) is 1. The van der Waals surface area contributed by atoms with Crippen molar-refractivity contribution in [3.8, 4) is 0 Å². The van der Waals surface area contributed by atoms with Gasteiger partial charge in [0.2, 0.25) is 0 Å². The van der Waals surface area contributed by atoms with E-state index in [-0.39, 0.29) is 21.2 Å². The molecular formula is C19H19ClN2O6S. The number of esters is 1. The van der Waals surface area contributed by atoms with Crippen molar-refractivity contribution in [3.63, 3.8) is 0 Å². The lowest BCUT2D eigenvalue weighted by Gasteiger charge is -2.10. The monoisotopic (exact) mass is 438 g/mol. The van der Waals surface area contributed by atoms with Gasteiger partial charge in [-0.05, 0) is 36.8 Å². The molecule has 29 heavy (non-hydrogen) atoms. The van der Waals surface area contributed by atoms with Crippen LogP contribution in [0.25, 0.3) is 11.1 Å². The van der Waals surface area contributed by atoms with Crippen molar-refractivity contribution in [3.05, 3.63) is 57.5 Å². The van der Waals surface area contributed by atoms with Crippen LogP contribution in [0.15, 0.2) is 50.5 Å². The Bertz CT molecular complexity index is 1210. The zero-order chi connectivity index (χ0) is 21.2. The number of aromatic nitrogens is 1. The van der Waals surface area contributed by atoms with Crippen molar-refractivity contribution >= 4 is 44.4 Å². The van der Waals surface area contributed by atoms with Gasteiger partial charge >= 0.3 is 11.7 Å². The lowest BCUT2D eigenvalue weighted by atomic mass is 10.2. The van der Waals surface area contributed by atoms with Crippen molar-refractivity contribution in [1.29, 1.82) is 0 Å². The number of carbonyl (C=O) groups is 1. The van der Waals surface area contributed by atoms with E-state index < -0.39 is 21.7 Å². The number of hydrogen-bond acceptors (Lipinski definition) is 6. The lowest BCUT2D eigenvalue weighted by molar-refractivity contribution is 0.0500. The van der Waals surface area contributed by atoms with Gasteiger partial charge in [-0.3, -0.25) is 9.29 Å². The standard InChI is InChI=1S/C19H19ClN2O6S/c1-3-4-9-27-18(23)12-5-7-13(8-6-12)21-29(25,26)17-11-16-15(10-14(17)20)22(2)19(24)28-16/h5-8,10-11,21H,3-4,9H2,1-2H3. The molecular weight excluding hydrogens is 420 g/mol. The van der Waals surface area contributed by atoms with E-state index >= 15 is 0 Å². The van der Waals surface area contributed by atoms with Gasteiger partial charge in [-0.15, -0.1) is 0 Å². The summed E-state index contributed by atoms with van der Waals surface area (Å²) in [5, 5.41) is -0.0578. The number of nitrogens with zero attached hydrogens (tertiary/aromatic N) is 1. The highest BCUT2D eigenvalue weighted by molar-refractivity contribution is 7.92. The second-order valence-corrected chi connectivity index (χ2v) is 8.41. The molecule has 0 aliphatic heterocycles. The lowest BCUT2D eigenvalue weighted by Crippen LogP contribution is -2.14. The molecule has 1 aromatic heterocycles. The van der Waals surface area contributed by atoms with Gasteiger partial charge in [0.25, 0.3) is 10.0 Å². The Morgan fingerprint density at radius 2 is 1.93 bits per heavy atom. The van der Waals surface area contributed by atoms with Gasteiger partial charge < -0.3 is 9.15 Å². The molecule has 3 aromatic rings. The van der Waals surface area contributed by atoms with Gasteiger partial charge in [0.15, 0.2) is 5.58 Å². The SMILES string of the molecule is CCCCOC(=O)c1ccc(NS(=O)(=O)c2cc3oc(=O)n(C)c3cc2Cl)cc1. The number of unbranched alkanes of at least 4 members (excludes halogenated alkanes) is 1. The van der Waals surface area contributed by atoms with Crippen molar-refractivity contribution in [2.45, 2.75) is 24.7 Å². The van der Waals surface area contributed by atoms with Crippen LogP contribution >= 0.6 is 11.6 Å². The molecule has 0 aliphatic carbocycles. The average Bonchev–Trinajstić information content (AvgIpc) is 2.95. The topological polar surface area (TPSA) is 108 Å². The number of halogens is 1. The smallest absolute Gasteiger partial charge is 0.419 e. The van der Waals surface area contributed by atoms with E-state index in [9.17, 15) is 18.0 Å². The molecule has 1 heterocycles. The van der Waals surface area contributed by atoms with Gasteiger partial charge in [0, 0.05) is 18.8 Å². The van der Waals surface area contributed by atoms with Crippen LogP contribution in [0.5, 0.6) is 0 Å². The molecule has 3 rings (SSSR count). The second-order valence-electron chi connectivity index (χ2n) is 6.35. The minimum atomic E-state index is -4.06. The number of aryl methyl sites for hydroxylation is 1. The van der Waals surface area contributed by atoms with Crippen molar-refractivity contribution in [2.75, 3.05) is 11.3 Å². The number of ether oxygens (including phenoxy) is 1. The summed E-state index contributed by atoms with van der Waals surface area (Å²) in [6.45, 7) is 2.32. The Labute approximate surface area is 172 Å². The van der Waals surface area contributed by atoms with Crippen molar-refractivity contribution < 1.29 is 22.4 Å². The maximum atomic E-state index is 12.7. The molecule has 2 aromatic carbocycles. The molecule has 0 atom stereocenters. The highest BCUT2D eigenvalue weighted by Gasteiger charge is 2.21. The minimum absolute atomic E-state index is 0.0578. The van der Waals surface area contributed by atoms with Crippen LogP contribution in [-0.4, -0.2) is 25.6 Å². The van der Waals surface area contributed by atoms with Crippen LogP contribution in [0.2, 0.25) is 5.02 Å². The Kier molecular flexibility index (Phi) is 5.99. The summed E-state index contributed by atoms with van der Waals surface area (Å²) in [6, 6.07) is 8.37. The third kappa shape index (κ3) is 4.46. The molecule has 0 saturated heterocycles. The zero-order valence-corrected chi connectivity index (χ0v) is 17.3. The summed E-state index contributed by atoms with van der Waals surface area (Å²) >= 11 is 6.13. The molecule has 0 saturated carbocycles. The van der Waals surface area contributed by atoms with E-state index in [1.807, 2.05) is 6.92 Å². The van der Waals surface area contributed by atoms with Crippen LogP contribution in [0, 0.1) is 0 Å². The summed E-state index contributed by atoms with van der Waals surface area (Å²) in [4.78, 5) is 23.3. The number of anilines is 1. The molecule has 0 unspecified atom stereocenters. The predicted molar refractivity (Wildman–Crippen MR) is 109 cm³/mol. The predicted octanol–water partition coefficient (Wildman–Crippen LogP) is 3.54. The summed E-state index contributed by atoms with van der Waals surface area (Å²) in [6.07, 6.45) is 1.69. The van der Waals surface area contributed by atoms with Gasteiger partial charge in [-0.1, -0.05) is 24.9 Å². The van der Waals surface area contributed by atoms with Crippen LogP contribution < -0.4 is 10.5 Å². The summed E-state index contributed by atoms with van der Waals surface area (Å²) in [5.41, 5.74) is 1.03. The fraction of sp³-hybridized carbons (Fsp3) is 0.263. The van der Waals surface area contributed by atoms with E-state index in [1.54, 1.807) is 0 Å². The van der Waals surface area contributed by atoms with E-state index in [4.69, 9.17) is 20.8 Å². The number of benzene rings is 2. The van der Waals surface area contributed by atoms with Gasteiger partial charge in [0.05, 0.1) is 22.7 Å². The maximum Gasteiger partial charge on any atom is 0.419 e. The number of nitrogens with one attached hydrogen (secondary N) is 1. The molecule has 0 aliphatic rings. The quantitative estimate of drug-likeness (QED) is 0.446. The normalized spacial score (nSPS) is 11.6. The zero-order valence-electron chi connectivity index (χ0n) is 15.8. The number of fused-ring (bicyclic) bond motifs is 1. The highest BCUT2D eigenvalue weighted by Crippen LogP contribution is 2.28. The van der Waals surface area contributed by atoms with Gasteiger partial charge in [-0.25, -0.2) is 18.0 Å². The van der Waals surface area contributed by atoms with Crippen molar-refractivity contribution in [1.82, 2.24) is 4.57 Å². The van der Waals surface area contributed by atoms with Crippen LogP contribution in [-0.2, 0) is 21.8 Å². The maximum absolute atomic E-state index is 12.7. The Morgan fingerprint density at radius 3 is 2.59 bits per heavy atom. The number of carbonyl (C=O) groups excluding carboxylic acids is 1. The van der Waals surface area contributed by atoms with E-state index in [0.717, 1.165) is 12.8 Å². The van der Waals surface area contributed by atoms with Crippen LogP contribution in [0.4, 0.5) is 5.69 Å². The third-order valence-electron chi connectivity index (χ3n) is 4.24. The Morgan fingerprint density at radius 1 is 1.24 bits per heavy atom. The first-order chi connectivity index (χ1) is 13.7. The molecule has 0 spiro atoms. The van der Waals surface area contributed by atoms with Gasteiger partial charge in [0.1, 0.15) is 4.90 Å². The Balaban J connectivity index is 1.82. The van der Waals surface area contributed by atoms with Crippen molar-refractivity contribution in [2.24, 2.45) is 7.05 Å². The van der Waals surface area contributed by atoms with Gasteiger partial charge in [-0.2, -0.15) is 0 Å². The Hall–Kier alpha value is -2.78.